The van der Waals surface area contributed by atoms with Crippen molar-refractivity contribution in [1.82, 2.24) is 0 Å². The number of hydrogen-bond acceptors (Lipinski definition) is 7. The average molecular weight is 627 g/mol. The van der Waals surface area contributed by atoms with Gasteiger partial charge in [-0.25, -0.2) is 4.79 Å². The highest BCUT2D eigenvalue weighted by Crippen LogP contribution is 2.37. The molecule has 9 nitrogen and oxygen atoms in total. The Morgan fingerprint density at radius 2 is 1.73 bits per heavy atom. The van der Waals surface area contributed by atoms with E-state index in [9.17, 15) is 19.6 Å². The molecule has 206 valence electrons. The van der Waals surface area contributed by atoms with Crippen LogP contribution in [0.3, 0.4) is 0 Å². The summed E-state index contributed by atoms with van der Waals surface area (Å²) in [6.45, 7) is 3.64. The number of carbonyl (C=O) groups is 3. The molecule has 0 aliphatic carbocycles. The molecule has 0 saturated heterocycles. The van der Waals surface area contributed by atoms with Crippen molar-refractivity contribution in [1.29, 1.82) is 5.26 Å². The Kier molecular flexibility index (Phi) is 10.7. The molecule has 0 fully saturated rings. The largest absolute Gasteiger partial charge is 0.490 e. The first-order chi connectivity index (χ1) is 19.1. The summed E-state index contributed by atoms with van der Waals surface area (Å²) in [5.41, 5.74) is 2.46. The van der Waals surface area contributed by atoms with E-state index >= 15 is 0 Å². The van der Waals surface area contributed by atoms with E-state index in [1.54, 1.807) is 37.3 Å². The van der Waals surface area contributed by atoms with E-state index in [0.717, 1.165) is 5.56 Å². The van der Waals surface area contributed by atoms with Gasteiger partial charge in [0.25, 0.3) is 11.8 Å². The molecule has 3 rings (SSSR count). The molecule has 0 unspecified atom stereocenters. The zero-order valence-electron chi connectivity index (χ0n) is 21.8. The molecule has 2 amide bonds. The fourth-order valence-corrected chi connectivity index (χ4v) is 4.16. The van der Waals surface area contributed by atoms with Gasteiger partial charge in [0, 0.05) is 16.4 Å². The number of benzene rings is 3. The van der Waals surface area contributed by atoms with Crippen LogP contribution in [0.2, 0.25) is 5.02 Å². The monoisotopic (exact) mass is 625 g/mol. The maximum Gasteiger partial charge on any atom is 0.337 e. The van der Waals surface area contributed by atoms with Crippen LogP contribution in [0.4, 0.5) is 11.4 Å². The van der Waals surface area contributed by atoms with E-state index in [0.29, 0.717) is 44.4 Å². The summed E-state index contributed by atoms with van der Waals surface area (Å²) < 4.78 is 16.5. The molecule has 0 radical (unpaired) electrons. The van der Waals surface area contributed by atoms with Gasteiger partial charge in [-0.1, -0.05) is 17.7 Å². The number of anilines is 2. The first-order valence-corrected chi connectivity index (χ1v) is 13.1. The van der Waals surface area contributed by atoms with Gasteiger partial charge >= 0.3 is 5.97 Å². The van der Waals surface area contributed by atoms with Gasteiger partial charge in [-0.2, -0.15) is 5.26 Å². The van der Waals surface area contributed by atoms with Crippen LogP contribution < -0.4 is 20.1 Å². The van der Waals surface area contributed by atoms with Crippen molar-refractivity contribution in [2.45, 2.75) is 13.8 Å². The second-order valence-corrected chi connectivity index (χ2v) is 9.52. The molecule has 3 aromatic rings. The van der Waals surface area contributed by atoms with Crippen molar-refractivity contribution in [3.8, 4) is 17.6 Å². The Hall–Kier alpha value is -4.33. The molecule has 0 aliphatic rings. The number of carbonyl (C=O) groups excluding carboxylic acids is 3. The van der Waals surface area contributed by atoms with E-state index in [2.05, 4.69) is 31.3 Å². The molecule has 0 aliphatic heterocycles. The molecule has 3 aromatic carbocycles. The van der Waals surface area contributed by atoms with Crippen molar-refractivity contribution in [2.24, 2.45) is 0 Å². The third-order valence-electron chi connectivity index (χ3n) is 5.37. The van der Waals surface area contributed by atoms with E-state index in [-0.39, 0.29) is 17.9 Å². The number of amides is 2. The van der Waals surface area contributed by atoms with Crippen molar-refractivity contribution in [2.75, 3.05) is 31.0 Å². The third kappa shape index (κ3) is 8.09. The Morgan fingerprint density at radius 3 is 2.35 bits per heavy atom. The van der Waals surface area contributed by atoms with E-state index in [1.165, 1.54) is 37.5 Å². The molecular formula is C29H25BrClN3O6. The van der Waals surface area contributed by atoms with Gasteiger partial charge in [-0.05, 0) is 95.5 Å². The lowest BCUT2D eigenvalue weighted by molar-refractivity contribution is -0.118. The standard InChI is InChI=1S/C29H25BrClN3O6/c1-4-39-25-13-18(11-20(15-32)28(36)34-21-9-6-19(7-10-21)29(37)38-3)12-23(30)27(25)40-16-26(35)33-22-8-5-17(2)24(31)14-22/h5-14H,4,16H2,1-3H3,(H,33,35)(H,34,36)/b20-11-. The Morgan fingerprint density at radius 1 is 1.02 bits per heavy atom. The van der Waals surface area contributed by atoms with Gasteiger partial charge in [0.2, 0.25) is 0 Å². The number of hydrogen-bond donors (Lipinski definition) is 2. The normalized spacial score (nSPS) is 10.8. The van der Waals surface area contributed by atoms with E-state index < -0.39 is 17.8 Å². The molecule has 0 aromatic heterocycles. The van der Waals surface area contributed by atoms with Gasteiger partial charge in [-0.15, -0.1) is 0 Å². The van der Waals surface area contributed by atoms with Gasteiger partial charge < -0.3 is 24.8 Å². The Bertz CT molecular complexity index is 1500. The van der Waals surface area contributed by atoms with Crippen molar-refractivity contribution >= 4 is 62.8 Å². The number of nitrogens with one attached hydrogen (secondary N) is 2. The molecule has 40 heavy (non-hydrogen) atoms. The molecule has 0 spiro atoms. The molecular weight excluding hydrogens is 602 g/mol. The van der Waals surface area contributed by atoms with E-state index in [1.807, 2.05) is 13.0 Å². The summed E-state index contributed by atoms with van der Waals surface area (Å²) in [5.74, 6) is -0.956. The van der Waals surface area contributed by atoms with Crippen molar-refractivity contribution < 1.29 is 28.6 Å². The van der Waals surface area contributed by atoms with E-state index in [4.69, 9.17) is 21.1 Å². The van der Waals surface area contributed by atoms with Crippen LogP contribution >= 0.6 is 27.5 Å². The third-order valence-corrected chi connectivity index (χ3v) is 6.37. The summed E-state index contributed by atoms with van der Waals surface area (Å²) in [6, 6.07) is 16.3. The van der Waals surface area contributed by atoms with Crippen LogP contribution in [0.1, 0.15) is 28.4 Å². The highest BCUT2D eigenvalue weighted by atomic mass is 79.9. The molecule has 0 heterocycles. The summed E-state index contributed by atoms with van der Waals surface area (Å²) in [7, 11) is 1.27. The topological polar surface area (TPSA) is 127 Å². The van der Waals surface area contributed by atoms with Gasteiger partial charge in [0.1, 0.15) is 11.6 Å². The second kappa shape index (κ2) is 14.2. The smallest absolute Gasteiger partial charge is 0.337 e. The highest BCUT2D eigenvalue weighted by molar-refractivity contribution is 9.10. The maximum absolute atomic E-state index is 12.7. The second-order valence-electron chi connectivity index (χ2n) is 8.26. The van der Waals surface area contributed by atoms with Crippen LogP contribution in [0, 0.1) is 18.3 Å². The highest BCUT2D eigenvalue weighted by Gasteiger charge is 2.16. The fraction of sp³-hybridized carbons (Fsp3) is 0.172. The summed E-state index contributed by atoms with van der Waals surface area (Å²) >= 11 is 9.54. The molecule has 0 bridgehead atoms. The predicted molar refractivity (Wildman–Crippen MR) is 156 cm³/mol. The van der Waals surface area contributed by atoms with Crippen LogP contribution in [0.5, 0.6) is 11.5 Å². The quantitative estimate of drug-likeness (QED) is 0.157. The number of rotatable bonds is 10. The Balaban J connectivity index is 1.75. The maximum atomic E-state index is 12.7. The average Bonchev–Trinajstić information content (AvgIpc) is 2.93. The molecule has 11 heteroatoms. The number of ether oxygens (including phenoxy) is 3. The molecule has 0 saturated carbocycles. The summed E-state index contributed by atoms with van der Waals surface area (Å²) in [6.07, 6.45) is 1.39. The fourth-order valence-electron chi connectivity index (χ4n) is 3.40. The van der Waals surface area contributed by atoms with Crippen LogP contribution in [-0.2, 0) is 14.3 Å². The summed E-state index contributed by atoms with van der Waals surface area (Å²) in [5, 5.41) is 15.5. The minimum atomic E-state index is -0.643. The first-order valence-electron chi connectivity index (χ1n) is 11.9. The number of aryl methyl sites for hydroxylation is 1. The van der Waals surface area contributed by atoms with Crippen LogP contribution in [0.25, 0.3) is 6.08 Å². The minimum Gasteiger partial charge on any atom is -0.490 e. The lowest BCUT2D eigenvalue weighted by Gasteiger charge is -2.15. The summed E-state index contributed by atoms with van der Waals surface area (Å²) in [4.78, 5) is 36.8. The minimum absolute atomic E-state index is 0.170. The van der Waals surface area contributed by atoms with Gasteiger partial charge in [-0.3, -0.25) is 9.59 Å². The number of nitrogens with zero attached hydrogens (tertiary/aromatic N) is 1. The number of halogens is 2. The lowest BCUT2D eigenvalue weighted by atomic mass is 10.1. The van der Waals surface area contributed by atoms with Crippen LogP contribution in [0.15, 0.2) is 64.6 Å². The zero-order valence-corrected chi connectivity index (χ0v) is 24.2. The Labute approximate surface area is 244 Å². The van der Waals surface area contributed by atoms with Gasteiger partial charge in [0.05, 0.1) is 23.8 Å². The van der Waals surface area contributed by atoms with Crippen molar-refractivity contribution in [3.63, 3.8) is 0 Å². The SMILES string of the molecule is CCOc1cc(/C=C(/C#N)C(=O)Nc2ccc(C(=O)OC)cc2)cc(Br)c1OCC(=O)Nc1ccc(C)c(Cl)c1. The predicted octanol–water partition coefficient (Wildman–Crippen LogP) is 6.16. The van der Waals surface area contributed by atoms with Crippen LogP contribution in [-0.4, -0.2) is 38.1 Å². The number of esters is 1. The van der Waals surface area contributed by atoms with Crippen molar-refractivity contribution in [3.05, 3.63) is 86.4 Å². The zero-order chi connectivity index (χ0) is 29.2. The first kappa shape index (κ1) is 30.2. The number of nitriles is 1. The molecule has 0 atom stereocenters. The lowest BCUT2D eigenvalue weighted by Crippen LogP contribution is -2.20. The van der Waals surface area contributed by atoms with Gasteiger partial charge in [0.15, 0.2) is 18.1 Å². The molecule has 2 N–H and O–H groups in total. The number of methoxy groups -OCH3 is 1.